The fourth-order valence-electron chi connectivity index (χ4n) is 3.71. The first-order chi connectivity index (χ1) is 12.7. The molecule has 0 saturated carbocycles. The lowest BCUT2D eigenvalue weighted by Gasteiger charge is -2.31. The number of aromatic nitrogens is 2. The zero-order valence-corrected chi connectivity index (χ0v) is 14.5. The van der Waals surface area contributed by atoms with Crippen LogP contribution in [0.15, 0.2) is 59.7 Å². The van der Waals surface area contributed by atoms with Crippen molar-refractivity contribution in [3.05, 3.63) is 76.3 Å². The smallest absolute Gasteiger partial charge is 0.252 e. The number of nitrogens with one attached hydrogen (secondary N) is 1. The van der Waals surface area contributed by atoms with Crippen LogP contribution in [0, 0.1) is 5.92 Å². The highest BCUT2D eigenvalue weighted by atomic mass is 16.1. The van der Waals surface area contributed by atoms with Crippen LogP contribution in [0.4, 0.5) is 0 Å². The van der Waals surface area contributed by atoms with Crippen LogP contribution in [0.5, 0.6) is 0 Å². The molecule has 3 heterocycles. The summed E-state index contributed by atoms with van der Waals surface area (Å²) in [6.45, 7) is 2.15. The molecule has 132 valence electrons. The number of hydrogen-bond donors (Lipinski definition) is 1. The number of Topliss-reactive ketones (excluding diaryl/α,β-unsaturated/α-hetero) is 1. The largest absolute Gasteiger partial charge is 0.322 e. The van der Waals surface area contributed by atoms with Crippen molar-refractivity contribution >= 4 is 16.7 Å². The third kappa shape index (κ3) is 3.44. The Hall–Kier alpha value is -2.79. The fraction of sp³-hybridized carbons (Fsp3) is 0.286. The number of carbonyl (C=O) groups is 1. The van der Waals surface area contributed by atoms with Gasteiger partial charge in [0.15, 0.2) is 5.78 Å². The van der Waals surface area contributed by atoms with Gasteiger partial charge in [-0.3, -0.25) is 19.5 Å². The van der Waals surface area contributed by atoms with E-state index in [-0.39, 0.29) is 17.3 Å². The molecule has 1 fully saturated rings. The monoisotopic (exact) mass is 347 g/mol. The molecule has 1 saturated heterocycles. The van der Waals surface area contributed by atoms with Gasteiger partial charge < -0.3 is 4.98 Å². The van der Waals surface area contributed by atoms with E-state index < -0.39 is 0 Å². The zero-order chi connectivity index (χ0) is 17.9. The third-order valence-electron chi connectivity index (χ3n) is 5.05. The number of fused-ring (bicyclic) bond motifs is 1. The van der Waals surface area contributed by atoms with Crippen molar-refractivity contribution in [2.45, 2.75) is 19.4 Å². The van der Waals surface area contributed by atoms with Gasteiger partial charge in [0.1, 0.15) is 0 Å². The minimum atomic E-state index is -0.0515. The van der Waals surface area contributed by atoms with Crippen molar-refractivity contribution in [3.63, 3.8) is 0 Å². The van der Waals surface area contributed by atoms with E-state index in [1.807, 2.05) is 36.4 Å². The van der Waals surface area contributed by atoms with Crippen LogP contribution in [0.25, 0.3) is 10.9 Å². The summed E-state index contributed by atoms with van der Waals surface area (Å²) in [7, 11) is 0. The van der Waals surface area contributed by atoms with Gasteiger partial charge in [-0.1, -0.05) is 18.2 Å². The van der Waals surface area contributed by atoms with Gasteiger partial charge in [0, 0.05) is 48.0 Å². The Morgan fingerprint density at radius 1 is 1.23 bits per heavy atom. The number of rotatable bonds is 4. The average Bonchev–Trinajstić information content (AvgIpc) is 2.69. The van der Waals surface area contributed by atoms with Gasteiger partial charge in [0.2, 0.25) is 0 Å². The van der Waals surface area contributed by atoms with Crippen molar-refractivity contribution in [3.8, 4) is 0 Å². The number of hydrogen-bond acceptors (Lipinski definition) is 4. The van der Waals surface area contributed by atoms with Crippen LogP contribution < -0.4 is 5.56 Å². The van der Waals surface area contributed by atoms with Crippen LogP contribution in [0.2, 0.25) is 0 Å². The highest BCUT2D eigenvalue weighted by Gasteiger charge is 2.27. The topological polar surface area (TPSA) is 66.1 Å². The molecule has 1 atom stereocenters. The molecule has 0 amide bonds. The fourth-order valence-corrected chi connectivity index (χ4v) is 3.71. The lowest BCUT2D eigenvalue weighted by atomic mass is 9.90. The van der Waals surface area contributed by atoms with Crippen LogP contribution in [0.3, 0.4) is 0 Å². The van der Waals surface area contributed by atoms with Gasteiger partial charge in [0.05, 0.1) is 0 Å². The Morgan fingerprint density at radius 2 is 2.12 bits per heavy atom. The Labute approximate surface area is 151 Å². The van der Waals surface area contributed by atoms with Gasteiger partial charge in [-0.05, 0) is 49.0 Å². The number of aromatic amines is 1. The molecule has 26 heavy (non-hydrogen) atoms. The number of piperidine rings is 1. The van der Waals surface area contributed by atoms with Crippen LogP contribution >= 0.6 is 0 Å². The molecule has 1 aromatic carbocycles. The van der Waals surface area contributed by atoms with Gasteiger partial charge in [0.25, 0.3) is 5.56 Å². The number of ketones is 1. The Morgan fingerprint density at radius 3 is 2.96 bits per heavy atom. The van der Waals surface area contributed by atoms with Crippen molar-refractivity contribution in [2.75, 3.05) is 13.1 Å². The van der Waals surface area contributed by atoms with Crippen LogP contribution in [-0.4, -0.2) is 33.7 Å². The molecule has 3 aromatic rings. The maximum atomic E-state index is 12.7. The maximum absolute atomic E-state index is 12.7. The predicted molar refractivity (Wildman–Crippen MR) is 101 cm³/mol. The second kappa shape index (κ2) is 7.22. The molecule has 0 radical (unpaired) electrons. The third-order valence-corrected chi connectivity index (χ3v) is 5.05. The summed E-state index contributed by atoms with van der Waals surface area (Å²) >= 11 is 0. The quantitative estimate of drug-likeness (QED) is 0.737. The molecule has 4 rings (SSSR count). The minimum absolute atomic E-state index is 0.0347. The van der Waals surface area contributed by atoms with E-state index in [1.165, 1.54) is 0 Å². The first-order valence-electron chi connectivity index (χ1n) is 8.98. The Bertz CT molecular complexity index is 981. The maximum Gasteiger partial charge on any atom is 0.252 e. The number of benzene rings is 1. The lowest BCUT2D eigenvalue weighted by molar-refractivity contribution is 0.0811. The predicted octanol–water partition coefficient (Wildman–Crippen LogP) is 3.02. The number of nitrogens with zero attached hydrogens (tertiary/aromatic N) is 2. The summed E-state index contributed by atoms with van der Waals surface area (Å²) < 4.78 is 0. The second-order valence-corrected chi connectivity index (χ2v) is 6.89. The summed E-state index contributed by atoms with van der Waals surface area (Å²) in [6, 6.07) is 13.4. The van der Waals surface area contributed by atoms with Crippen molar-refractivity contribution in [1.82, 2.24) is 14.9 Å². The highest BCUT2D eigenvalue weighted by Crippen LogP contribution is 2.22. The van der Waals surface area contributed by atoms with E-state index in [0.717, 1.165) is 35.9 Å². The Kier molecular flexibility index (Phi) is 4.63. The molecular weight excluding hydrogens is 326 g/mol. The SMILES string of the molecule is O=C(c1cccnc1)C1CCCN(Cc2cc3ccccc3[nH]c2=O)C1. The van der Waals surface area contributed by atoms with Gasteiger partial charge in [-0.2, -0.15) is 0 Å². The standard InChI is InChI=1S/C21H21N3O2/c25-20(16-6-3-9-22-12-16)17-7-4-10-24(13-17)14-18-11-15-5-1-2-8-19(15)23-21(18)26/h1-3,5-6,8-9,11-12,17H,4,7,10,13-14H2,(H,23,26). The summed E-state index contributed by atoms with van der Waals surface area (Å²) in [5.74, 6) is 0.114. The molecule has 1 aliphatic heterocycles. The van der Waals surface area contributed by atoms with Crippen LogP contribution in [-0.2, 0) is 6.54 Å². The van der Waals surface area contributed by atoms with E-state index in [4.69, 9.17) is 0 Å². The number of para-hydroxylation sites is 1. The molecule has 1 unspecified atom stereocenters. The number of pyridine rings is 2. The summed E-state index contributed by atoms with van der Waals surface area (Å²) in [6.07, 6.45) is 5.16. The number of likely N-dealkylation sites (tertiary alicyclic amines) is 1. The molecule has 5 nitrogen and oxygen atoms in total. The molecule has 1 aliphatic rings. The van der Waals surface area contributed by atoms with E-state index in [2.05, 4.69) is 14.9 Å². The second-order valence-electron chi connectivity index (χ2n) is 6.89. The van der Waals surface area contributed by atoms with E-state index in [0.29, 0.717) is 18.7 Å². The van der Waals surface area contributed by atoms with Crippen molar-refractivity contribution < 1.29 is 4.79 Å². The average molecular weight is 347 g/mol. The number of H-pyrrole nitrogens is 1. The molecule has 2 aromatic heterocycles. The number of carbonyl (C=O) groups excluding carboxylic acids is 1. The first kappa shape index (κ1) is 16.7. The van der Waals surface area contributed by atoms with Gasteiger partial charge >= 0.3 is 0 Å². The normalized spacial score (nSPS) is 18.1. The molecule has 1 N–H and O–H groups in total. The van der Waals surface area contributed by atoms with E-state index in [9.17, 15) is 9.59 Å². The summed E-state index contributed by atoms with van der Waals surface area (Å²) in [4.78, 5) is 34.3. The van der Waals surface area contributed by atoms with Crippen LogP contribution in [0.1, 0.15) is 28.8 Å². The molecule has 0 spiro atoms. The molecule has 0 aliphatic carbocycles. The molecule has 5 heteroatoms. The molecular formula is C21H21N3O2. The highest BCUT2D eigenvalue weighted by molar-refractivity contribution is 5.97. The van der Waals surface area contributed by atoms with Gasteiger partial charge in [-0.15, -0.1) is 0 Å². The molecule has 0 bridgehead atoms. The summed E-state index contributed by atoms with van der Waals surface area (Å²) in [5, 5.41) is 1.03. The first-order valence-corrected chi connectivity index (χ1v) is 8.98. The van der Waals surface area contributed by atoms with E-state index in [1.54, 1.807) is 18.5 Å². The minimum Gasteiger partial charge on any atom is -0.322 e. The van der Waals surface area contributed by atoms with Crippen molar-refractivity contribution in [1.29, 1.82) is 0 Å². The van der Waals surface area contributed by atoms with E-state index >= 15 is 0 Å². The lowest BCUT2D eigenvalue weighted by Crippen LogP contribution is -2.39. The van der Waals surface area contributed by atoms with Gasteiger partial charge in [-0.25, -0.2) is 0 Å². The Balaban J connectivity index is 1.51. The summed E-state index contributed by atoms with van der Waals surface area (Å²) in [5.41, 5.74) is 2.22. The van der Waals surface area contributed by atoms with Crippen molar-refractivity contribution in [2.24, 2.45) is 5.92 Å². The zero-order valence-electron chi connectivity index (χ0n) is 14.5.